The van der Waals surface area contributed by atoms with E-state index in [4.69, 9.17) is 0 Å². The first-order valence-electron chi connectivity index (χ1n) is 12.1. The maximum atomic E-state index is 15.2. The van der Waals surface area contributed by atoms with E-state index in [0.717, 1.165) is 25.7 Å². The molecule has 7 nitrogen and oxygen atoms in total. The highest BCUT2D eigenvalue weighted by atomic mass is 19.1. The third-order valence-corrected chi connectivity index (χ3v) is 6.99. The third-order valence-electron chi connectivity index (χ3n) is 6.99. The lowest BCUT2D eigenvalue weighted by Gasteiger charge is -2.36. The van der Waals surface area contributed by atoms with Crippen molar-refractivity contribution in [1.82, 2.24) is 14.8 Å². The zero-order chi connectivity index (χ0) is 23.5. The molecule has 1 N–H and O–H groups in total. The number of piperazine rings is 1. The Bertz CT molecular complexity index is 1100. The molecule has 0 atom stereocenters. The smallest absolute Gasteiger partial charge is 0.256 e. The van der Waals surface area contributed by atoms with Crippen LogP contribution in [0.4, 0.5) is 10.1 Å². The van der Waals surface area contributed by atoms with Gasteiger partial charge >= 0.3 is 0 Å². The summed E-state index contributed by atoms with van der Waals surface area (Å²) in [6.45, 7) is 6.15. The lowest BCUT2D eigenvalue weighted by Crippen LogP contribution is -2.48. The predicted molar refractivity (Wildman–Crippen MR) is 127 cm³/mol. The van der Waals surface area contributed by atoms with Crippen LogP contribution in [0.3, 0.4) is 0 Å². The number of anilines is 1. The van der Waals surface area contributed by atoms with Crippen LogP contribution in [0.1, 0.15) is 62.7 Å². The summed E-state index contributed by atoms with van der Waals surface area (Å²) in [5.41, 5.74) is 0.658. The molecule has 1 aromatic heterocycles. The summed E-state index contributed by atoms with van der Waals surface area (Å²) < 4.78 is 17.0. The fourth-order valence-electron chi connectivity index (χ4n) is 5.01. The van der Waals surface area contributed by atoms with Crippen molar-refractivity contribution in [2.24, 2.45) is 0 Å². The molecule has 1 saturated heterocycles. The van der Waals surface area contributed by atoms with Crippen molar-refractivity contribution in [2.45, 2.75) is 65.0 Å². The van der Waals surface area contributed by atoms with Gasteiger partial charge in [0, 0.05) is 57.3 Å². The summed E-state index contributed by atoms with van der Waals surface area (Å²) in [6, 6.07) is 3.04. The molecule has 1 aliphatic carbocycles. The Kier molecular flexibility index (Phi) is 7.00. The first-order chi connectivity index (χ1) is 15.9. The number of nitrogens with one attached hydrogen (secondary N) is 1. The van der Waals surface area contributed by atoms with E-state index >= 15 is 4.39 Å². The maximum absolute atomic E-state index is 15.2. The normalized spacial score (nSPS) is 17.8. The molecule has 0 unspecified atom stereocenters. The molecule has 2 heterocycles. The van der Waals surface area contributed by atoms with Crippen LogP contribution in [0, 0.1) is 5.82 Å². The Morgan fingerprint density at radius 1 is 1.06 bits per heavy atom. The minimum atomic E-state index is -0.486. The SMILES string of the molecule is CCn1cc(C(=O)NC2CCCCCC2)c(=O)c2cc(F)c(N3CCN(C(C)=O)CC3)cc21. The highest BCUT2D eigenvalue weighted by Crippen LogP contribution is 2.26. The van der Waals surface area contributed by atoms with E-state index in [1.807, 2.05) is 16.4 Å². The van der Waals surface area contributed by atoms with Gasteiger partial charge in [-0.05, 0) is 31.9 Å². The Hall–Kier alpha value is -2.90. The summed E-state index contributed by atoms with van der Waals surface area (Å²) in [6.07, 6.45) is 7.97. The van der Waals surface area contributed by atoms with Gasteiger partial charge in [-0.3, -0.25) is 14.4 Å². The van der Waals surface area contributed by atoms with Crippen molar-refractivity contribution >= 4 is 28.4 Å². The van der Waals surface area contributed by atoms with E-state index in [0.29, 0.717) is 43.9 Å². The first-order valence-corrected chi connectivity index (χ1v) is 12.1. The van der Waals surface area contributed by atoms with Crippen LogP contribution in [-0.2, 0) is 11.3 Å². The monoisotopic (exact) mass is 456 g/mol. The second-order valence-electron chi connectivity index (χ2n) is 9.13. The number of halogens is 1. The first kappa shape index (κ1) is 23.3. The van der Waals surface area contributed by atoms with Gasteiger partial charge in [0.1, 0.15) is 11.4 Å². The molecule has 2 aliphatic rings. The van der Waals surface area contributed by atoms with Crippen LogP contribution in [0.15, 0.2) is 23.1 Å². The van der Waals surface area contributed by atoms with Crippen LogP contribution in [-0.4, -0.2) is 53.5 Å². The number of nitrogens with zero attached hydrogens (tertiary/aromatic N) is 3. The van der Waals surface area contributed by atoms with E-state index < -0.39 is 11.2 Å². The topological polar surface area (TPSA) is 74.7 Å². The summed E-state index contributed by atoms with van der Waals surface area (Å²) in [5, 5.41) is 3.25. The van der Waals surface area contributed by atoms with Gasteiger partial charge in [-0.2, -0.15) is 0 Å². The molecule has 1 aromatic carbocycles. The Morgan fingerprint density at radius 3 is 2.33 bits per heavy atom. The van der Waals surface area contributed by atoms with Gasteiger partial charge in [0.15, 0.2) is 0 Å². The van der Waals surface area contributed by atoms with E-state index in [2.05, 4.69) is 5.32 Å². The van der Waals surface area contributed by atoms with E-state index in [-0.39, 0.29) is 28.8 Å². The lowest BCUT2D eigenvalue weighted by atomic mass is 10.1. The van der Waals surface area contributed by atoms with Crippen molar-refractivity contribution in [1.29, 1.82) is 0 Å². The number of carbonyl (C=O) groups excluding carboxylic acids is 2. The molecule has 2 aromatic rings. The number of hydrogen-bond acceptors (Lipinski definition) is 4. The van der Waals surface area contributed by atoms with Crippen LogP contribution in [0.5, 0.6) is 0 Å². The zero-order valence-electron chi connectivity index (χ0n) is 19.5. The third kappa shape index (κ3) is 4.89. The molecule has 1 saturated carbocycles. The minimum Gasteiger partial charge on any atom is -0.366 e. The standard InChI is InChI=1S/C25H33FN4O3/c1-3-28-16-20(25(33)27-18-8-6-4-5-7-9-18)24(32)19-14-21(26)23(15-22(19)28)30-12-10-29(11-13-30)17(2)31/h14-16,18H,3-13H2,1-2H3,(H,27,33). The van der Waals surface area contributed by atoms with Crippen molar-refractivity contribution in [2.75, 3.05) is 31.1 Å². The van der Waals surface area contributed by atoms with Crippen LogP contribution in [0.25, 0.3) is 10.9 Å². The maximum Gasteiger partial charge on any atom is 0.256 e. The van der Waals surface area contributed by atoms with E-state index in [1.165, 1.54) is 25.8 Å². The lowest BCUT2D eigenvalue weighted by molar-refractivity contribution is -0.129. The van der Waals surface area contributed by atoms with Gasteiger partial charge in [-0.15, -0.1) is 0 Å². The number of benzene rings is 1. The Labute approximate surface area is 193 Å². The highest BCUT2D eigenvalue weighted by molar-refractivity contribution is 5.98. The van der Waals surface area contributed by atoms with Crippen molar-refractivity contribution < 1.29 is 14.0 Å². The number of fused-ring (bicyclic) bond motifs is 1. The molecule has 178 valence electrons. The Balaban J connectivity index is 1.65. The van der Waals surface area contributed by atoms with E-state index in [1.54, 1.807) is 17.2 Å². The number of hydrogen-bond donors (Lipinski definition) is 1. The van der Waals surface area contributed by atoms with Crippen LogP contribution >= 0.6 is 0 Å². The highest BCUT2D eigenvalue weighted by Gasteiger charge is 2.24. The minimum absolute atomic E-state index is 0.0168. The molecule has 2 amide bonds. The van der Waals surface area contributed by atoms with E-state index in [9.17, 15) is 14.4 Å². The van der Waals surface area contributed by atoms with Crippen molar-refractivity contribution in [3.05, 3.63) is 39.9 Å². The predicted octanol–water partition coefficient (Wildman–Crippen LogP) is 3.28. The van der Waals surface area contributed by atoms with Gasteiger partial charge in [0.25, 0.3) is 5.91 Å². The Morgan fingerprint density at radius 2 is 1.73 bits per heavy atom. The molecule has 0 radical (unpaired) electrons. The summed E-state index contributed by atoms with van der Waals surface area (Å²) in [7, 11) is 0. The molecule has 33 heavy (non-hydrogen) atoms. The van der Waals surface area contributed by atoms with Crippen molar-refractivity contribution in [3.63, 3.8) is 0 Å². The summed E-state index contributed by atoms with van der Waals surface area (Å²) in [5.74, 6) is -0.844. The number of pyridine rings is 1. The van der Waals surface area contributed by atoms with Gasteiger partial charge in [0.2, 0.25) is 11.3 Å². The van der Waals surface area contributed by atoms with Gasteiger partial charge < -0.3 is 19.7 Å². The molecule has 0 spiro atoms. The number of rotatable bonds is 4. The molecule has 2 fully saturated rings. The second kappa shape index (κ2) is 9.93. The average molecular weight is 457 g/mol. The van der Waals surface area contributed by atoms with Gasteiger partial charge in [-0.25, -0.2) is 4.39 Å². The molecular formula is C25H33FN4O3. The summed E-state index contributed by atoms with van der Waals surface area (Å²) in [4.78, 5) is 41.4. The summed E-state index contributed by atoms with van der Waals surface area (Å²) >= 11 is 0. The quantitative estimate of drug-likeness (QED) is 0.717. The van der Waals surface area contributed by atoms with Gasteiger partial charge in [-0.1, -0.05) is 25.7 Å². The average Bonchev–Trinajstić information content (AvgIpc) is 3.08. The largest absolute Gasteiger partial charge is 0.366 e. The molecule has 8 heteroatoms. The number of aromatic nitrogens is 1. The number of amides is 2. The number of aryl methyl sites for hydroxylation is 1. The fraction of sp³-hybridized carbons (Fsp3) is 0.560. The molecule has 1 aliphatic heterocycles. The fourth-order valence-corrected chi connectivity index (χ4v) is 5.01. The van der Waals surface area contributed by atoms with Crippen LogP contribution in [0.2, 0.25) is 0 Å². The molecule has 4 rings (SSSR count). The molecule has 0 bridgehead atoms. The van der Waals surface area contributed by atoms with Gasteiger partial charge in [0.05, 0.1) is 11.2 Å². The number of carbonyl (C=O) groups is 2. The second-order valence-corrected chi connectivity index (χ2v) is 9.13. The van der Waals surface area contributed by atoms with Crippen molar-refractivity contribution in [3.8, 4) is 0 Å². The molecular weight excluding hydrogens is 423 g/mol. The zero-order valence-corrected chi connectivity index (χ0v) is 19.5. The van der Waals surface area contributed by atoms with Crippen LogP contribution < -0.4 is 15.6 Å².